The highest BCUT2D eigenvalue weighted by Crippen LogP contribution is 2.36. The zero-order chi connectivity index (χ0) is 16.0. The van der Waals surface area contributed by atoms with Gasteiger partial charge in [-0.25, -0.2) is 4.98 Å². The van der Waals surface area contributed by atoms with Gasteiger partial charge in [-0.15, -0.1) is 0 Å². The number of aromatic nitrogens is 2. The summed E-state index contributed by atoms with van der Waals surface area (Å²) in [7, 11) is 0. The smallest absolute Gasteiger partial charge is 0.135 e. The Labute approximate surface area is 149 Å². The molecule has 1 saturated heterocycles. The quantitative estimate of drug-likeness (QED) is 0.713. The van der Waals surface area contributed by atoms with Crippen LogP contribution in [-0.4, -0.2) is 33.1 Å². The molecule has 4 nitrogen and oxygen atoms in total. The average Bonchev–Trinajstić information content (AvgIpc) is 3.35. The van der Waals surface area contributed by atoms with Gasteiger partial charge in [0.15, 0.2) is 0 Å². The third-order valence-corrected chi connectivity index (χ3v) is 6.51. The van der Waals surface area contributed by atoms with Crippen LogP contribution in [0.2, 0.25) is 0 Å². The fourth-order valence-corrected chi connectivity index (χ4v) is 5.16. The Morgan fingerprint density at radius 1 is 1.17 bits per heavy atom. The number of hydrogen-bond acceptors (Lipinski definition) is 5. The topological polar surface area (TPSA) is 30.3 Å². The first-order valence-electron chi connectivity index (χ1n) is 8.26. The highest BCUT2D eigenvalue weighted by molar-refractivity contribution is 7.08. The van der Waals surface area contributed by atoms with Crippen LogP contribution in [0.15, 0.2) is 39.8 Å². The van der Waals surface area contributed by atoms with Crippen LogP contribution in [0.4, 0.5) is 0 Å². The molecule has 3 aromatic heterocycles. The molecular weight excluding hydrogens is 338 g/mol. The molecule has 0 radical (unpaired) electrons. The molecule has 1 fully saturated rings. The first-order valence-corrected chi connectivity index (χ1v) is 10.1. The minimum Gasteiger partial charge on any atom is -0.364 e. The molecule has 2 aliphatic rings. The number of hydrogen-bond donors (Lipinski definition) is 0. The van der Waals surface area contributed by atoms with Crippen molar-refractivity contribution in [2.24, 2.45) is 0 Å². The number of nitrogens with zero attached hydrogens (tertiary/aromatic N) is 3. The van der Waals surface area contributed by atoms with E-state index in [1.54, 1.807) is 22.7 Å². The van der Waals surface area contributed by atoms with Crippen LogP contribution in [0.5, 0.6) is 0 Å². The van der Waals surface area contributed by atoms with Gasteiger partial charge in [0.1, 0.15) is 18.0 Å². The summed E-state index contributed by atoms with van der Waals surface area (Å²) in [5.74, 6) is 1.05. The van der Waals surface area contributed by atoms with Crippen LogP contribution >= 0.6 is 22.7 Å². The number of likely N-dealkylation sites (tertiary alicyclic amines) is 1. The summed E-state index contributed by atoms with van der Waals surface area (Å²) < 4.78 is 8.69. The molecular formula is C18H19N3OS2. The van der Waals surface area contributed by atoms with E-state index < -0.39 is 0 Å². The van der Waals surface area contributed by atoms with E-state index in [2.05, 4.69) is 48.1 Å². The van der Waals surface area contributed by atoms with Crippen LogP contribution in [-0.2, 0) is 24.4 Å². The fourth-order valence-electron chi connectivity index (χ4n) is 3.85. The lowest BCUT2D eigenvalue weighted by atomic mass is 10.0. The van der Waals surface area contributed by atoms with Gasteiger partial charge in [-0.05, 0) is 40.3 Å². The Balaban J connectivity index is 1.38. The summed E-state index contributed by atoms with van der Waals surface area (Å²) in [6.45, 7) is 4.67. The Hall–Kier alpha value is -1.47. The van der Waals surface area contributed by atoms with E-state index in [1.165, 1.54) is 16.8 Å². The maximum atomic E-state index is 6.31. The Morgan fingerprint density at radius 3 is 2.92 bits per heavy atom. The van der Waals surface area contributed by atoms with E-state index in [0.29, 0.717) is 6.61 Å². The lowest BCUT2D eigenvalue weighted by molar-refractivity contribution is -0.0821. The molecule has 0 aromatic carbocycles. The van der Waals surface area contributed by atoms with Crippen molar-refractivity contribution in [1.82, 2.24) is 14.5 Å². The van der Waals surface area contributed by atoms with Crippen LogP contribution in [0, 0.1) is 0 Å². The Kier molecular flexibility index (Phi) is 3.59. The highest BCUT2D eigenvalue weighted by atomic mass is 32.1. The fraction of sp³-hybridized carbons (Fsp3) is 0.389. The highest BCUT2D eigenvalue weighted by Gasteiger charge is 2.43. The standard InChI is InChI=1S/C18H19N3OS2/c1-5-23-10-14(1)8-20-4-3-18(12-20)13-21-16(15-2-6-24-11-15)7-19-17(21)9-22-18/h1-2,5-7,10-11H,3-4,8-9,12-13H2/t18-/m1/s1. The van der Waals surface area contributed by atoms with Gasteiger partial charge < -0.3 is 9.30 Å². The predicted molar refractivity (Wildman–Crippen MR) is 97.3 cm³/mol. The van der Waals surface area contributed by atoms with Gasteiger partial charge in [-0.2, -0.15) is 22.7 Å². The predicted octanol–water partition coefficient (Wildman–Crippen LogP) is 3.85. The molecule has 1 atom stereocenters. The summed E-state index contributed by atoms with van der Waals surface area (Å²) in [4.78, 5) is 7.10. The van der Waals surface area contributed by atoms with E-state index in [-0.39, 0.29) is 5.60 Å². The summed E-state index contributed by atoms with van der Waals surface area (Å²) in [6, 6.07) is 4.40. The summed E-state index contributed by atoms with van der Waals surface area (Å²) in [5.41, 5.74) is 3.85. The van der Waals surface area contributed by atoms with Crippen LogP contribution in [0.3, 0.4) is 0 Å². The second-order valence-corrected chi connectivity index (χ2v) is 8.28. The molecule has 3 aromatic rings. The van der Waals surface area contributed by atoms with Crippen LogP contribution < -0.4 is 0 Å². The molecule has 24 heavy (non-hydrogen) atoms. The minimum absolute atomic E-state index is 0.0610. The monoisotopic (exact) mass is 357 g/mol. The van der Waals surface area contributed by atoms with Crippen molar-refractivity contribution in [2.75, 3.05) is 13.1 Å². The van der Waals surface area contributed by atoms with Gasteiger partial charge >= 0.3 is 0 Å². The third-order valence-electron chi connectivity index (χ3n) is 5.09. The van der Waals surface area contributed by atoms with Gasteiger partial charge in [0.05, 0.1) is 18.4 Å². The molecule has 5 heterocycles. The van der Waals surface area contributed by atoms with Crippen LogP contribution in [0.1, 0.15) is 17.8 Å². The van der Waals surface area contributed by atoms with E-state index in [0.717, 1.165) is 38.4 Å². The molecule has 0 unspecified atom stereocenters. The largest absolute Gasteiger partial charge is 0.364 e. The molecule has 1 spiro atoms. The number of imidazole rings is 1. The molecule has 124 valence electrons. The second-order valence-electron chi connectivity index (χ2n) is 6.72. The van der Waals surface area contributed by atoms with Gasteiger partial charge in [-0.1, -0.05) is 0 Å². The number of ether oxygens (including phenoxy) is 1. The van der Waals surface area contributed by atoms with E-state index >= 15 is 0 Å². The maximum Gasteiger partial charge on any atom is 0.135 e. The number of fused-ring (bicyclic) bond motifs is 1. The van der Waals surface area contributed by atoms with Crippen molar-refractivity contribution in [1.29, 1.82) is 0 Å². The first kappa shape index (κ1) is 14.8. The number of rotatable bonds is 3. The van der Waals surface area contributed by atoms with Gasteiger partial charge in [0, 0.05) is 30.6 Å². The summed E-state index contributed by atoms with van der Waals surface area (Å²) in [5, 5.41) is 8.73. The first-order chi connectivity index (χ1) is 11.8. The molecule has 0 amide bonds. The van der Waals surface area contributed by atoms with Crippen molar-refractivity contribution in [3.63, 3.8) is 0 Å². The van der Waals surface area contributed by atoms with Gasteiger partial charge in [0.25, 0.3) is 0 Å². The summed E-state index contributed by atoms with van der Waals surface area (Å²) >= 11 is 3.51. The Morgan fingerprint density at radius 2 is 2.08 bits per heavy atom. The molecule has 0 saturated carbocycles. The zero-order valence-electron chi connectivity index (χ0n) is 13.4. The van der Waals surface area contributed by atoms with Gasteiger partial charge in [0.2, 0.25) is 0 Å². The van der Waals surface area contributed by atoms with Crippen LogP contribution in [0.25, 0.3) is 11.3 Å². The van der Waals surface area contributed by atoms with Crippen molar-refractivity contribution in [3.05, 3.63) is 51.2 Å². The zero-order valence-corrected chi connectivity index (χ0v) is 15.0. The molecule has 0 aliphatic carbocycles. The summed E-state index contributed by atoms with van der Waals surface area (Å²) in [6.07, 6.45) is 3.09. The maximum absolute atomic E-state index is 6.31. The third kappa shape index (κ3) is 2.54. The van der Waals surface area contributed by atoms with Crippen molar-refractivity contribution >= 4 is 22.7 Å². The molecule has 0 bridgehead atoms. The van der Waals surface area contributed by atoms with Gasteiger partial charge in [-0.3, -0.25) is 4.90 Å². The Bertz CT molecular complexity index is 825. The van der Waals surface area contributed by atoms with Crippen molar-refractivity contribution in [2.45, 2.75) is 31.7 Å². The normalized spacial score (nSPS) is 23.8. The van der Waals surface area contributed by atoms with E-state index in [1.807, 2.05) is 6.20 Å². The van der Waals surface area contributed by atoms with E-state index in [9.17, 15) is 0 Å². The SMILES string of the molecule is c1cc(CN2CC[C@@]3(C2)Cn2c(-c4ccsc4)cnc2CO3)cs1. The molecule has 2 aliphatic heterocycles. The lowest BCUT2D eigenvalue weighted by Crippen LogP contribution is -2.44. The molecule has 5 rings (SSSR count). The van der Waals surface area contributed by atoms with Crippen molar-refractivity contribution in [3.8, 4) is 11.3 Å². The lowest BCUT2D eigenvalue weighted by Gasteiger charge is -2.35. The minimum atomic E-state index is -0.0610. The average molecular weight is 358 g/mol. The second kappa shape index (κ2) is 5.81. The molecule has 0 N–H and O–H groups in total. The number of thiophene rings is 2. The van der Waals surface area contributed by atoms with E-state index in [4.69, 9.17) is 4.74 Å². The van der Waals surface area contributed by atoms with Crippen molar-refractivity contribution < 1.29 is 4.74 Å². The molecule has 6 heteroatoms.